The first kappa shape index (κ1) is 20.2. The summed E-state index contributed by atoms with van der Waals surface area (Å²) in [5.74, 6) is -0.308. The molecule has 4 nitrogen and oxygen atoms in total. The Morgan fingerprint density at radius 2 is 2.04 bits per heavy atom. The number of alkyl halides is 3. The highest BCUT2D eigenvalue weighted by molar-refractivity contribution is 9.10. The zero-order valence-electron chi connectivity index (χ0n) is 12.3. The average molecular weight is 417 g/mol. The van der Waals surface area contributed by atoms with Crippen LogP contribution >= 0.6 is 28.3 Å². The monoisotopic (exact) mass is 415 g/mol. The SMILES string of the molecule is Cl.O=C(CN1CCCNCC1)Nc1ccc(Br)c(C(F)(F)F)c1. The summed E-state index contributed by atoms with van der Waals surface area (Å²) in [5.41, 5.74) is -0.655. The largest absolute Gasteiger partial charge is 0.417 e. The zero-order valence-corrected chi connectivity index (χ0v) is 14.7. The van der Waals surface area contributed by atoms with Gasteiger partial charge in [0.25, 0.3) is 0 Å². The number of amides is 1. The van der Waals surface area contributed by atoms with Gasteiger partial charge in [0.2, 0.25) is 5.91 Å². The van der Waals surface area contributed by atoms with Gasteiger partial charge in [0.1, 0.15) is 0 Å². The molecule has 2 rings (SSSR count). The Kier molecular flexibility index (Phi) is 7.79. The second kappa shape index (κ2) is 8.86. The first-order chi connectivity index (χ1) is 10.4. The van der Waals surface area contributed by atoms with Crippen molar-refractivity contribution in [2.75, 3.05) is 38.0 Å². The lowest BCUT2D eigenvalue weighted by atomic mass is 10.2. The Hall–Kier alpha value is -0.830. The molecule has 0 aromatic heterocycles. The highest BCUT2D eigenvalue weighted by Gasteiger charge is 2.33. The molecule has 130 valence electrons. The van der Waals surface area contributed by atoms with Crippen molar-refractivity contribution >= 4 is 39.9 Å². The van der Waals surface area contributed by atoms with Crippen LogP contribution in [-0.4, -0.2) is 43.5 Å². The van der Waals surface area contributed by atoms with Crippen LogP contribution in [0.2, 0.25) is 0 Å². The molecule has 0 spiro atoms. The normalized spacial score (nSPS) is 16.3. The molecule has 0 saturated carbocycles. The molecule has 9 heteroatoms. The maximum absolute atomic E-state index is 12.8. The van der Waals surface area contributed by atoms with Crippen molar-refractivity contribution < 1.29 is 18.0 Å². The Labute approximate surface area is 147 Å². The van der Waals surface area contributed by atoms with Crippen LogP contribution in [0.1, 0.15) is 12.0 Å². The quantitative estimate of drug-likeness (QED) is 0.796. The van der Waals surface area contributed by atoms with Gasteiger partial charge in [-0.25, -0.2) is 0 Å². The molecule has 1 saturated heterocycles. The van der Waals surface area contributed by atoms with E-state index in [9.17, 15) is 18.0 Å². The van der Waals surface area contributed by atoms with E-state index >= 15 is 0 Å². The minimum Gasteiger partial charge on any atom is -0.325 e. The van der Waals surface area contributed by atoms with Crippen LogP contribution in [0.5, 0.6) is 0 Å². The van der Waals surface area contributed by atoms with Gasteiger partial charge in [0, 0.05) is 23.2 Å². The van der Waals surface area contributed by atoms with Crippen molar-refractivity contribution in [1.29, 1.82) is 0 Å². The topological polar surface area (TPSA) is 44.4 Å². The summed E-state index contributed by atoms with van der Waals surface area (Å²) < 4.78 is 38.4. The van der Waals surface area contributed by atoms with Gasteiger partial charge in [0.05, 0.1) is 12.1 Å². The van der Waals surface area contributed by atoms with E-state index in [0.717, 1.165) is 38.7 Å². The molecule has 1 aromatic carbocycles. The molecule has 1 aliphatic heterocycles. The van der Waals surface area contributed by atoms with E-state index in [0.29, 0.717) is 0 Å². The number of halogens is 5. The van der Waals surface area contributed by atoms with Crippen LogP contribution in [0.15, 0.2) is 22.7 Å². The molecule has 1 heterocycles. The molecule has 1 amide bonds. The fraction of sp³-hybridized carbons (Fsp3) is 0.500. The highest BCUT2D eigenvalue weighted by Crippen LogP contribution is 2.36. The molecule has 0 radical (unpaired) electrons. The smallest absolute Gasteiger partial charge is 0.325 e. The van der Waals surface area contributed by atoms with E-state index in [1.54, 1.807) is 0 Å². The molecule has 2 N–H and O–H groups in total. The van der Waals surface area contributed by atoms with Gasteiger partial charge in [-0.1, -0.05) is 15.9 Å². The maximum Gasteiger partial charge on any atom is 0.417 e. The third kappa shape index (κ3) is 6.29. The lowest BCUT2D eigenvalue weighted by Gasteiger charge is -2.19. The van der Waals surface area contributed by atoms with Crippen LogP contribution in [0.3, 0.4) is 0 Å². The van der Waals surface area contributed by atoms with Crippen molar-refractivity contribution in [3.63, 3.8) is 0 Å². The summed E-state index contributed by atoms with van der Waals surface area (Å²) in [5, 5.41) is 5.75. The van der Waals surface area contributed by atoms with Crippen molar-refractivity contribution in [2.24, 2.45) is 0 Å². The molecule has 0 unspecified atom stereocenters. The lowest BCUT2D eigenvalue weighted by Crippen LogP contribution is -2.35. The molecule has 0 atom stereocenters. The van der Waals surface area contributed by atoms with Gasteiger partial charge >= 0.3 is 6.18 Å². The third-order valence-corrected chi connectivity index (χ3v) is 4.05. The molecular weight excluding hydrogens is 399 g/mol. The minimum atomic E-state index is -4.46. The number of anilines is 1. The van der Waals surface area contributed by atoms with Gasteiger partial charge in [0.15, 0.2) is 0 Å². The minimum absolute atomic E-state index is 0. The van der Waals surface area contributed by atoms with E-state index in [4.69, 9.17) is 0 Å². The summed E-state index contributed by atoms with van der Waals surface area (Å²) in [6, 6.07) is 3.67. The fourth-order valence-electron chi connectivity index (χ4n) is 2.28. The molecule has 0 bridgehead atoms. The second-order valence-electron chi connectivity index (χ2n) is 5.12. The number of hydrogen-bond donors (Lipinski definition) is 2. The van der Waals surface area contributed by atoms with Crippen molar-refractivity contribution in [2.45, 2.75) is 12.6 Å². The van der Waals surface area contributed by atoms with Crippen LogP contribution in [0, 0.1) is 0 Å². The molecule has 1 aromatic rings. The summed E-state index contributed by atoms with van der Waals surface area (Å²) in [4.78, 5) is 14.0. The third-order valence-electron chi connectivity index (χ3n) is 3.36. The number of carbonyl (C=O) groups excluding carboxylic acids is 1. The highest BCUT2D eigenvalue weighted by atomic mass is 79.9. The van der Waals surface area contributed by atoms with Crippen LogP contribution < -0.4 is 10.6 Å². The molecule has 1 fully saturated rings. The number of benzene rings is 1. The van der Waals surface area contributed by atoms with Crippen molar-refractivity contribution in [3.05, 3.63) is 28.2 Å². The molecule has 0 aliphatic carbocycles. The van der Waals surface area contributed by atoms with Gasteiger partial charge in [-0.3, -0.25) is 9.69 Å². The first-order valence-electron chi connectivity index (χ1n) is 6.96. The predicted octanol–water partition coefficient (Wildman–Crippen LogP) is 3.12. The van der Waals surface area contributed by atoms with E-state index in [2.05, 4.69) is 26.6 Å². The number of nitrogens with zero attached hydrogens (tertiary/aromatic N) is 1. The second-order valence-corrected chi connectivity index (χ2v) is 5.97. The van der Waals surface area contributed by atoms with E-state index in [1.807, 2.05) is 4.90 Å². The molecule has 1 aliphatic rings. The maximum atomic E-state index is 12.8. The summed E-state index contributed by atoms with van der Waals surface area (Å²) in [6.45, 7) is 3.46. The van der Waals surface area contributed by atoms with Gasteiger partial charge < -0.3 is 10.6 Å². The molecular formula is C14H18BrClF3N3O. The fourth-order valence-corrected chi connectivity index (χ4v) is 2.76. The Morgan fingerprint density at radius 3 is 2.74 bits per heavy atom. The number of rotatable bonds is 3. The Bertz CT molecular complexity index is 534. The Balaban J connectivity index is 0.00000264. The van der Waals surface area contributed by atoms with E-state index < -0.39 is 11.7 Å². The van der Waals surface area contributed by atoms with Crippen LogP contribution in [-0.2, 0) is 11.0 Å². The first-order valence-corrected chi connectivity index (χ1v) is 7.75. The average Bonchev–Trinajstić information content (AvgIpc) is 2.68. The standard InChI is InChI=1S/C14H17BrF3N3O.ClH/c15-12-3-2-10(8-11(12)14(16,17)18)20-13(22)9-21-6-1-4-19-5-7-21;/h2-3,8,19H,1,4-7,9H2,(H,20,22);1H. The zero-order chi connectivity index (χ0) is 16.2. The lowest BCUT2D eigenvalue weighted by molar-refractivity contribution is -0.138. The number of hydrogen-bond acceptors (Lipinski definition) is 3. The summed E-state index contributed by atoms with van der Waals surface area (Å²) in [6.07, 6.45) is -3.51. The van der Waals surface area contributed by atoms with Gasteiger partial charge in [-0.05, 0) is 37.7 Å². The van der Waals surface area contributed by atoms with Crippen LogP contribution in [0.25, 0.3) is 0 Å². The van der Waals surface area contributed by atoms with E-state index in [-0.39, 0.29) is 35.0 Å². The van der Waals surface area contributed by atoms with Crippen molar-refractivity contribution in [1.82, 2.24) is 10.2 Å². The Morgan fingerprint density at radius 1 is 1.30 bits per heavy atom. The summed E-state index contributed by atoms with van der Waals surface area (Å²) in [7, 11) is 0. The van der Waals surface area contributed by atoms with Gasteiger partial charge in [-0.15, -0.1) is 12.4 Å². The summed E-state index contributed by atoms with van der Waals surface area (Å²) >= 11 is 2.87. The van der Waals surface area contributed by atoms with Gasteiger partial charge in [-0.2, -0.15) is 13.2 Å². The number of nitrogens with one attached hydrogen (secondary N) is 2. The number of carbonyl (C=O) groups is 1. The van der Waals surface area contributed by atoms with E-state index in [1.165, 1.54) is 12.1 Å². The molecule has 23 heavy (non-hydrogen) atoms. The predicted molar refractivity (Wildman–Crippen MR) is 88.9 cm³/mol. The van der Waals surface area contributed by atoms with Crippen LogP contribution in [0.4, 0.5) is 18.9 Å². The van der Waals surface area contributed by atoms with Crippen molar-refractivity contribution in [3.8, 4) is 0 Å².